The van der Waals surface area contributed by atoms with Crippen LogP contribution in [-0.4, -0.2) is 10.2 Å². The molecule has 0 aliphatic rings. The third-order valence-corrected chi connectivity index (χ3v) is 1.56. The van der Waals surface area contributed by atoms with E-state index in [9.17, 15) is 17.6 Å². The quantitative estimate of drug-likeness (QED) is 0.730. The summed E-state index contributed by atoms with van der Waals surface area (Å²) in [5, 5.41) is 16.4. The van der Waals surface area contributed by atoms with Crippen LogP contribution in [0.1, 0.15) is 11.1 Å². The SMILES string of the molecule is OC(F)(F)c1cccc(C(O)(F)F)c1. The highest BCUT2D eigenvalue weighted by molar-refractivity contribution is 5.27. The number of hydrogen-bond donors (Lipinski definition) is 2. The number of aliphatic hydroxyl groups is 2. The summed E-state index contributed by atoms with van der Waals surface area (Å²) in [6.45, 7) is 0. The smallest absolute Gasteiger partial charge is 0.332 e. The van der Waals surface area contributed by atoms with Crippen LogP contribution in [0.2, 0.25) is 0 Å². The van der Waals surface area contributed by atoms with E-state index in [-0.39, 0.29) is 0 Å². The number of benzene rings is 1. The van der Waals surface area contributed by atoms with E-state index in [1.807, 2.05) is 0 Å². The third-order valence-electron chi connectivity index (χ3n) is 1.56. The first-order valence-corrected chi connectivity index (χ1v) is 3.52. The van der Waals surface area contributed by atoms with Crippen LogP contribution in [0.25, 0.3) is 0 Å². The molecule has 1 aromatic carbocycles. The van der Waals surface area contributed by atoms with Crippen molar-refractivity contribution in [3.8, 4) is 0 Å². The molecule has 1 rings (SSSR count). The summed E-state index contributed by atoms with van der Waals surface area (Å²) < 4.78 is 49.0. The minimum Gasteiger partial charge on any atom is -0.332 e. The van der Waals surface area contributed by atoms with Gasteiger partial charge in [0.1, 0.15) is 0 Å². The summed E-state index contributed by atoms with van der Waals surface area (Å²) in [6.07, 6.45) is -8.39. The molecular weight excluding hydrogens is 204 g/mol. The normalized spacial score (nSPS) is 13.0. The Balaban J connectivity index is 3.15. The molecule has 0 amide bonds. The van der Waals surface area contributed by atoms with Gasteiger partial charge in [-0.2, -0.15) is 17.6 Å². The van der Waals surface area contributed by atoms with E-state index in [1.54, 1.807) is 0 Å². The lowest BCUT2D eigenvalue weighted by Gasteiger charge is -2.13. The average molecular weight is 210 g/mol. The molecule has 0 aliphatic carbocycles. The van der Waals surface area contributed by atoms with Crippen molar-refractivity contribution < 1.29 is 27.8 Å². The predicted molar refractivity (Wildman–Crippen MR) is 38.7 cm³/mol. The first kappa shape index (κ1) is 10.9. The highest BCUT2D eigenvalue weighted by Crippen LogP contribution is 2.30. The van der Waals surface area contributed by atoms with Crippen LogP contribution in [0.15, 0.2) is 24.3 Å². The zero-order valence-electron chi connectivity index (χ0n) is 6.72. The fourth-order valence-corrected chi connectivity index (χ4v) is 0.893. The number of halogens is 4. The lowest BCUT2D eigenvalue weighted by Crippen LogP contribution is -2.16. The summed E-state index contributed by atoms with van der Waals surface area (Å²) in [6, 6.07) is 2.77. The topological polar surface area (TPSA) is 40.5 Å². The van der Waals surface area contributed by atoms with Gasteiger partial charge in [-0.05, 0) is 6.07 Å². The maximum atomic E-state index is 12.3. The van der Waals surface area contributed by atoms with Gasteiger partial charge in [0, 0.05) is 0 Å². The van der Waals surface area contributed by atoms with Crippen LogP contribution >= 0.6 is 0 Å². The van der Waals surface area contributed by atoms with Gasteiger partial charge in [0.15, 0.2) is 0 Å². The second kappa shape index (κ2) is 3.21. The van der Waals surface area contributed by atoms with E-state index < -0.39 is 23.3 Å². The summed E-state index contributed by atoms with van der Waals surface area (Å²) in [5.41, 5.74) is -1.99. The first-order valence-electron chi connectivity index (χ1n) is 3.52. The van der Waals surface area contributed by atoms with Gasteiger partial charge >= 0.3 is 12.2 Å². The molecule has 78 valence electrons. The second-order valence-corrected chi connectivity index (χ2v) is 2.66. The molecule has 6 heteroatoms. The van der Waals surface area contributed by atoms with Crippen molar-refractivity contribution in [3.05, 3.63) is 35.4 Å². The molecule has 0 aromatic heterocycles. The molecule has 0 atom stereocenters. The second-order valence-electron chi connectivity index (χ2n) is 2.66. The Morgan fingerprint density at radius 1 is 0.857 bits per heavy atom. The molecule has 0 spiro atoms. The highest BCUT2D eigenvalue weighted by atomic mass is 19.3. The largest absolute Gasteiger partial charge is 0.380 e. The molecule has 0 heterocycles. The van der Waals surface area contributed by atoms with Crippen molar-refractivity contribution >= 4 is 0 Å². The summed E-state index contributed by atoms with van der Waals surface area (Å²) in [4.78, 5) is 0. The van der Waals surface area contributed by atoms with E-state index in [1.165, 1.54) is 0 Å². The van der Waals surface area contributed by atoms with Crippen LogP contribution in [-0.2, 0) is 12.2 Å². The Morgan fingerprint density at radius 2 is 1.21 bits per heavy atom. The molecule has 0 fully saturated rings. The van der Waals surface area contributed by atoms with Crippen molar-refractivity contribution in [1.29, 1.82) is 0 Å². The van der Waals surface area contributed by atoms with Crippen LogP contribution in [0.4, 0.5) is 17.6 Å². The standard InChI is InChI=1S/C8H6F4O2/c9-7(10,13)5-2-1-3-6(4-5)8(11,12)14/h1-4,13-14H. The molecule has 0 saturated heterocycles. The molecular formula is C8H6F4O2. The summed E-state index contributed by atoms with van der Waals surface area (Å²) in [7, 11) is 0. The number of hydrogen-bond acceptors (Lipinski definition) is 2. The van der Waals surface area contributed by atoms with Crippen molar-refractivity contribution in [2.75, 3.05) is 0 Å². The maximum Gasteiger partial charge on any atom is 0.380 e. The lowest BCUT2D eigenvalue weighted by molar-refractivity contribution is -0.213. The van der Waals surface area contributed by atoms with E-state index in [0.717, 1.165) is 18.2 Å². The Hall–Kier alpha value is -1.14. The van der Waals surface area contributed by atoms with E-state index in [4.69, 9.17) is 10.2 Å². The van der Waals surface area contributed by atoms with Crippen molar-refractivity contribution in [1.82, 2.24) is 0 Å². The first-order chi connectivity index (χ1) is 6.21. The fraction of sp³-hybridized carbons (Fsp3) is 0.250. The van der Waals surface area contributed by atoms with Crippen LogP contribution in [0.5, 0.6) is 0 Å². The van der Waals surface area contributed by atoms with Crippen LogP contribution in [0, 0.1) is 0 Å². The van der Waals surface area contributed by atoms with Gasteiger partial charge in [-0.15, -0.1) is 0 Å². The van der Waals surface area contributed by atoms with Gasteiger partial charge in [-0.3, -0.25) is 0 Å². The summed E-state index contributed by atoms with van der Waals surface area (Å²) in [5.74, 6) is 0. The Morgan fingerprint density at radius 3 is 1.50 bits per heavy atom. The van der Waals surface area contributed by atoms with Gasteiger partial charge < -0.3 is 10.2 Å². The van der Waals surface area contributed by atoms with E-state index >= 15 is 0 Å². The fourth-order valence-electron chi connectivity index (χ4n) is 0.893. The minimum atomic E-state index is -4.19. The van der Waals surface area contributed by atoms with Crippen molar-refractivity contribution in [2.24, 2.45) is 0 Å². The molecule has 0 bridgehead atoms. The molecule has 0 radical (unpaired) electrons. The van der Waals surface area contributed by atoms with E-state index in [0.29, 0.717) is 6.07 Å². The van der Waals surface area contributed by atoms with Crippen LogP contribution < -0.4 is 0 Å². The number of rotatable bonds is 2. The zero-order chi connectivity index (χ0) is 11.0. The van der Waals surface area contributed by atoms with Crippen molar-refractivity contribution in [2.45, 2.75) is 12.2 Å². The number of alkyl halides is 4. The predicted octanol–water partition coefficient (Wildman–Crippen LogP) is 1.77. The Kier molecular flexibility index (Phi) is 2.51. The Bertz CT molecular complexity index is 298. The molecule has 0 aliphatic heterocycles. The Labute approximate surface area is 76.4 Å². The van der Waals surface area contributed by atoms with E-state index in [2.05, 4.69) is 0 Å². The van der Waals surface area contributed by atoms with Crippen LogP contribution in [0.3, 0.4) is 0 Å². The van der Waals surface area contributed by atoms with Gasteiger partial charge in [0.05, 0.1) is 11.1 Å². The highest BCUT2D eigenvalue weighted by Gasteiger charge is 2.32. The minimum absolute atomic E-state index is 0.333. The summed E-state index contributed by atoms with van der Waals surface area (Å²) >= 11 is 0. The average Bonchev–Trinajstić information content (AvgIpc) is 2.01. The monoisotopic (exact) mass is 210 g/mol. The molecule has 1 aromatic rings. The zero-order valence-corrected chi connectivity index (χ0v) is 6.72. The van der Waals surface area contributed by atoms with Crippen molar-refractivity contribution in [3.63, 3.8) is 0 Å². The van der Waals surface area contributed by atoms with Gasteiger partial charge in [-0.25, -0.2) is 0 Å². The molecule has 0 saturated carbocycles. The third kappa shape index (κ3) is 2.43. The molecule has 2 N–H and O–H groups in total. The van der Waals surface area contributed by atoms with Gasteiger partial charge in [0.25, 0.3) is 0 Å². The van der Waals surface area contributed by atoms with Gasteiger partial charge in [0.2, 0.25) is 0 Å². The lowest BCUT2D eigenvalue weighted by atomic mass is 10.1. The molecule has 0 unspecified atom stereocenters. The molecule has 14 heavy (non-hydrogen) atoms. The van der Waals surface area contributed by atoms with Gasteiger partial charge in [-0.1, -0.05) is 18.2 Å². The maximum absolute atomic E-state index is 12.3. The molecule has 2 nitrogen and oxygen atoms in total.